The Morgan fingerprint density at radius 2 is 1.69 bits per heavy atom. The molecule has 1 aliphatic rings. The Kier molecular flexibility index (Phi) is 3.37. The van der Waals surface area contributed by atoms with Crippen LogP contribution in [0.25, 0.3) is 38.9 Å². The molecule has 3 heterocycles. The second-order valence-corrected chi connectivity index (χ2v) is 7.79. The van der Waals surface area contributed by atoms with Crippen LogP contribution < -0.4 is 5.73 Å². The lowest BCUT2D eigenvalue weighted by molar-refractivity contribution is 0.740. The van der Waals surface area contributed by atoms with Gasteiger partial charge in [-0.3, -0.25) is 4.40 Å². The Hall–Kier alpha value is -3.57. The van der Waals surface area contributed by atoms with Crippen LogP contribution in [0.4, 0.5) is 0 Å². The number of rotatable bonds is 3. The van der Waals surface area contributed by atoms with E-state index in [-0.39, 0.29) is 5.54 Å². The summed E-state index contributed by atoms with van der Waals surface area (Å²) in [5.74, 6) is 0. The van der Waals surface area contributed by atoms with E-state index < -0.39 is 0 Å². The van der Waals surface area contributed by atoms with Crippen molar-refractivity contribution in [3.8, 4) is 22.4 Å². The molecule has 0 aliphatic heterocycles. The van der Waals surface area contributed by atoms with E-state index in [9.17, 15) is 0 Å². The van der Waals surface area contributed by atoms with Crippen LogP contribution in [0, 0.1) is 0 Å². The molecule has 5 aromatic rings. The van der Waals surface area contributed by atoms with Crippen LogP contribution in [0.5, 0.6) is 0 Å². The predicted molar refractivity (Wildman–Crippen MR) is 114 cm³/mol. The largest absolute Gasteiger partial charge is 0.321 e. The minimum absolute atomic E-state index is 0.128. The molecule has 0 unspecified atom stereocenters. The molecule has 0 bridgehead atoms. The fourth-order valence-corrected chi connectivity index (χ4v) is 3.97. The molecule has 1 fully saturated rings. The van der Waals surface area contributed by atoms with Gasteiger partial charge in [-0.1, -0.05) is 54.6 Å². The van der Waals surface area contributed by atoms with Gasteiger partial charge in [-0.25, -0.2) is 4.98 Å². The van der Waals surface area contributed by atoms with Crippen LogP contribution in [0.3, 0.4) is 0 Å². The van der Waals surface area contributed by atoms with E-state index in [1.165, 1.54) is 5.56 Å². The minimum atomic E-state index is -0.128. The summed E-state index contributed by atoms with van der Waals surface area (Å²) in [6.45, 7) is 0. The highest BCUT2D eigenvalue weighted by Crippen LogP contribution is 2.43. The van der Waals surface area contributed by atoms with E-state index in [0.717, 1.165) is 51.8 Å². The molecule has 0 saturated heterocycles. The molecule has 0 amide bonds. The second-order valence-electron chi connectivity index (χ2n) is 7.79. The Morgan fingerprint density at radius 3 is 2.45 bits per heavy atom. The van der Waals surface area contributed by atoms with Gasteiger partial charge in [0.05, 0.1) is 11.2 Å². The highest BCUT2D eigenvalue weighted by atomic mass is 15.2. The smallest absolute Gasteiger partial charge is 0.170 e. The molecular formula is C24H19N5. The zero-order valence-electron chi connectivity index (χ0n) is 15.8. The zero-order chi connectivity index (χ0) is 19.4. The summed E-state index contributed by atoms with van der Waals surface area (Å²) >= 11 is 0. The van der Waals surface area contributed by atoms with Crippen LogP contribution in [-0.4, -0.2) is 19.6 Å². The number of aromatic nitrogens is 4. The number of benzene rings is 2. The van der Waals surface area contributed by atoms with Crippen molar-refractivity contribution in [2.24, 2.45) is 5.73 Å². The van der Waals surface area contributed by atoms with Crippen LogP contribution in [0.15, 0.2) is 79.3 Å². The Bertz CT molecular complexity index is 1350. The molecular weight excluding hydrogens is 358 g/mol. The molecule has 1 saturated carbocycles. The molecule has 0 atom stereocenters. The maximum Gasteiger partial charge on any atom is 0.170 e. The first-order valence-corrected chi connectivity index (χ1v) is 9.80. The maximum absolute atomic E-state index is 6.36. The SMILES string of the molecule is NC1(c2ccc(-c3nc4ccn5cnnc5c4cc3-c3ccccc3)cc2)CC1. The van der Waals surface area contributed by atoms with Crippen LogP contribution in [-0.2, 0) is 5.54 Å². The van der Waals surface area contributed by atoms with Gasteiger partial charge in [0, 0.05) is 28.2 Å². The van der Waals surface area contributed by atoms with Gasteiger partial charge in [0.15, 0.2) is 5.65 Å². The lowest BCUT2D eigenvalue weighted by Gasteiger charge is -2.14. The summed E-state index contributed by atoms with van der Waals surface area (Å²) in [6.07, 6.45) is 5.78. The number of pyridine rings is 2. The monoisotopic (exact) mass is 377 g/mol. The molecule has 5 nitrogen and oxygen atoms in total. The number of hydrogen-bond donors (Lipinski definition) is 1. The van der Waals surface area contributed by atoms with Crippen molar-refractivity contribution in [2.75, 3.05) is 0 Å². The van der Waals surface area contributed by atoms with Crippen LogP contribution in [0.2, 0.25) is 0 Å². The highest BCUT2D eigenvalue weighted by Gasteiger charge is 2.39. The van der Waals surface area contributed by atoms with Gasteiger partial charge in [-0.05, 0) is 36.1 Å². The third-order valence-corrected chi connectivity index (χ3v) is 5.87. The number of nitrogens with two attached hydrogens (primary N) is 1. The van der Waals surface area contributed by atoms with E-state index in [4.69, 9.17) is 10.7 Å². The quantitative estimate of drug-likeness (QED) is 0.500. The molecule has 0 radical (unpaired) electrons. The Labute approximate surface area is 167 Å². The number of nitrogens with zero attached hydrogens (tertiary/aromatic N) is 4. The summed E-state index contributed by atoms with van der Waals surface area (Å²) in [7, 11) is 0. The van der Waals surface area contributed by atoms with Gasteiger partial charge >= 0.3 is 0 Å². The van der Waals surface area contributed by atoms with Gasteiger partial charge in [0.1, 0.15) is 6.33 Å². The first-order chi connectivity index (χ1) is 14.2. The van der Waals surface area contributed by atoms with Gasteiger partial charge in [0.25, 0.3) is 0 Å². The molecule has 6 rings (SSSR count). The van der Waals surface area contributed by atoms with E-state index in [2.05, 4.69) is 64.8 Å². The highest BCUT2D eigenvalue weighted by molar-refractivity contribution is 5.98. The molecule has 3 aromatic heterocycles. The van der Waals surface area contributed by atoms with E-state index >= 15 is 0 Å². The summed E-state index contributed by atoms with van der Waals surface area (Å²) in [6, 6.07) is 23.1. The molecule has 0 spiro atoms. The summed E-state index contributed by atoms with van der Waals surface area (Å²) in [5.41, 5.74) is 13.4. The third kappa shape index (κ3) is 2.62. The van der Waals surface area contributed by atoms with Crippen molar-refractivity contribution in [2.45, 2.75) is 18.4 Å². The van der Waals surface area contributed by atoms with Crippen molar-refractivity contribution in [1.82, 2.24) is 19.6 Å². The normalized spacial score (nSPS) is 15.1. The van der Waals surface area contributed by atoms with Crippen molar-refractivity contribution in [1.29, 1.82) is 0 Å². The number of hydrogen-bond acceptors (Lipinski definition) is 4. The first kappa shape index (κ1) is 16.4. The number of fused-ring (bicyclic) bond motifs is 3. The van der Waals surface area contributed by atoms with Crippen molar-refractivity contribution >= 4 is 16.6 Å². The lowest BCUT2D eigenvalue weighted by Crippen LogP contribution is -2.18. The van der Waals surface area contributed by atoms with Gasteiger partial charge < -0.3 is 5.73 Å². The van der Waals surface area contributed by atoms with E-state index in [1.54, 1.807) is 6.33 Å². The van der Waals surface area contributed by atoms with Crippen LogP contribution >= 0.6 is 0 Å². The van der Waals surface area contributed by atoms with Gasteiger partial charge in [0.2, 0.25) is 0 Å². The second kappa shape index (κ2) is 5.96. The Morgan fingerprint density at radius 1 is 0.897 bits per heavy atom. The standard InChI is InChI=1S/C24H19N5/c25-24(11-12-24)18-8-6-17(7-9-18)22-19(16-4-2-1-3-5-16)14-20-21(27-22)10-13-29-15-26-28-23(20)29/h1-10,13-15H,11-12,25H2. The summed E-state index contributed by atoms with van der Waals surface area (Å²) < 4.78 is 1.92. The molecule has 29 heavy (non-hydrogen) atoms. The van der Waals surface area contributed by atoms with Crippen LogP contribution in [0.1, 0.15) is 18.4 Å². The topological polar surface area (TPSA) is 69.1 Å². The van der Waals surface area contributed by atoms with Gasteiger partial charge in [-0.2, -0.15) is 0 Å². The summed E-state index contributed by atoms with van der Waals surface area (Å²) in [5, 5.41) is 9.32. The first-order valence-electron chi connectivity index (χ1n) is 9.80. The molecule has 2 aromatic carbocycles. The molecule has 2 N–H and O–H groups in total. The molecule has 5 heteroatoms. The molecule has 140 valence electrons. The van der Waals surface area contributed by atoms with E-state index in [1.807, 2.05) is 22.7 Å². The fraction of sp³-hybridized carbons (Fsp3) is 0.125. The lowest BCUT2D eigenvalue weighted by atomic mass is 9.96. The zero-order valence-corrected chi connectivity index (χ0v) is 15.8. The van der Waals surface area contributed by atoms with Gasteiger partial charge in [-0.15, -0.1) is 10.2 Å². The summed E-state index contributed by atoms with van der Waals surface area (Å²) in [4.78, 5) is 5.05. The fourth-order valence-electron chi connectivity index (χ4n) is 3.97. The van der Waals surface area contributed by atoms with Crippen molar-refractivity contribution in [3.05, 3.63) is 84.8 Å². The predicted octanol–water partition coefficient (Wildman–Crippen LogP) is 4.56. The average Bonchev–Trinajstić information content (AvgIpc) is 3.34. The van der Waals surface area contributed by atoms with Crippen molar-refractivity contribution in [3.63, 3.8) is 0 Å². The van der Waals surface area contributed by atoms with Crippen molar-refractivity contribution < 1.29 is 0 Å². The minimum Gasteiger partial charge on any atom is -0.321 e. The van der Waals surface area contributed by atoms with E-state index in [0.29, 0.717) is 0 Å². The Balaban J connectivity index is 1.60. The third-order valence-electron chi connectivity index (χ3n) is 5.87. The average molecular weight is 377 g/mol. The molecule has 1 aliphatic carbocycles. The maximum atomic E-state index is 6.36.